The van der Waals surface area contributed by atoms with Crippen molar-refractivity contribution in [1.82, 2.24) is 4.90 Å². The monoisotopic (exact) mass is 1130 g/mol. The number of halogens is 4. The number of nitrogens with zero attached hydrogens (tertiary/aromatic N) is 1. The first-order valence-electron chi connectivity index (χ1n) is 21.6. The van der Waals surface area contributed by atoms with Gasteiger partial charge in [0.2, 0.25) is 0 Å². The van der Waals surface area contributed by atoms with Gasteiger partial charge in [0, 0.05) is 78.9 Å². The normalized spacial score (nSPS) is 17.5. The van der Waals surface area contributed by atoms with Crippen LogP contribution in [0, 0.1) is 0 Å². The lowest BCUT2D eigenvalue weighted by Crippen LogP contribution is -2.34. The molecule has 12 heteroatoms. The number of fused-ring (bicyclic) bond motifs is 12. The maximum atomic E-state index is 12.1. The lowest BCUT2D eigenvalue weighted by molar-refractivity contribution is -0.0226. The molecular formula is C53H47Br4NO7. The Balaban J connectivity index is 1.19. The van der Waals surface area contributed by atoms with Crippen molar-refractivity contribution in [3.63, 3.8) is 0 Å². The Bertz CT molecular complexity index is 2480. The summed E-state index contributed by atoms with van der Waals surface area (Å²) in [5.74, 6) is 2.61. The van der Waals surface area contributed by atoms with Gasteiger partial charge < -0.3 is 33.6 Å². The van der Waals surface area contributed by atoms with Gasteiger partial charge in [-0.15, -0.1) is 0 Å². The summed E-state index contributed by atoms with van der Waals surface area (Å²) in [6.07, 6.45) is 2.56. The van der Waals surface area contributed by atoms with E-state index >= 15 is 0 Å². The van der Waals surface area contributed by atoms with Crippen molar-refractivity contribution < 1.29 is 33.6 Å². The average molecular weight is 1130 g/mol. The SMILES string of the molecule is Oc1c2cc(Br)cc1Cc1cc(Br)cc3c1OCCO[C@H](c1ccccc1)CN(Cc1ccco1)CC(c1ccccc1)OCCOc1c(cc(Br)cc1Cc1cc(Br)cc(c1O)C3)C2. The zero-order chi connectivity index (χ0) is 44.9. The molecule has 0 amide bonds. The highest BCUT2D eigenvalue weighted by Gasteiger charge is 2.26. The second-order valence-electron chi connectivity index (χ2n) is 16.5. The summed E-state index contributed by atoms with van der Waals surface area (Å²) >= 11 is 15.2. The Kier molecular flexibility index (Phi) is 14.8. The smallest absolute Gasteiger partial charge is 0.126 e. The molecule has 1 aliphatic carbocycles. The Morgan fingerprint density at radius 2 is 0.831 bits per heavy atom. The number of furan rings is 1. The summed E-state index contributed by atoms with van der Waals surface area (Å²) in [6, 6.07) is 40.5. The maximum absolute atomic E-state index is 12.1. The summed E-state index contributed by atoms with van der Waals surface area (Å²) in [5, 5.41) is 24.3. The molecule has 2 N–H and O–H groups in total. The first-order valence-corrected chi connectivity index (χ1v) is 24.8. The van der Waals surface area contributed by atoms with E-state index in [9.17, 15) is 10.2 Å². The maximum Gasteiger partial charge on any atom is 0.126 e. The molecule has 7 aromatic rings. The van der Waals surface area contributed by atoms with E-state index in [-0.39, 0.29) is 50.1 Å². The summed E-state index contributed by atoms with van der Waals surface area (Å²) < 4.78 is 36.7. The molecule has 6 aromatic carbocycles. The number of rotatable bonds is 4. The Hall–Kier alpha value is -4.40. The van der Waals surface area contributed by atoms with E-state index < -0.39 is 0 Å². The summed E-state index contributed by atoms with van der Waals surface area (Å²) in [4.78, 5) is 2.33. The molecule has 10 bridgehead atoms. The van der Waals surface area contributed by atoms with Crippen LogP contribution in [0.15, 0.2) is 150 Å². The highest BCUT2D eigenvalue weighted by atomic mass is 79.9. The lowest BCUT2D eigenvalue weighted by Gasteiger charge is -2.31. The number of hydrogen-bond donors (Lipinski definition) is 2. The minimum absolute atomic E-state index is 0.205. The summed E-state index contributed by atoms with van der Waals surface area (Å²) in [7, 11) is 0. The zero-order valence-corrected chi connectivity index (χ0v) is 41.8. The quantitative estimate of drug-likeness (QED) is 0.168. The standard InChI is InChI=1S/C53H47Br4NO7/c54-43-22-35-18-39-26-45(56)27-40-19-36-23-44(55)25-38(51(36)60)21-42-29-46(57)28-41(20-37(24-43)50(35)59)53(42)65-17-15-63-49(34-10-5-2-6-11-34)32-58(30-47-12-7-13-61-47)31-48(33-8-3-1-4-9-33)62-14-16-64-52(39)40/h1-13,22-29,48-49,59-60H,14-21,30-32H2/t48-,49?/m0/s1. The van der Waals surface area contributed by atoms with Crippen LogP contribution in [0.5, 0.6) is 23.0 Å². The van der Waals surface area contributed by atoms with Crippen molar-refractivity contribution >= 4 is 63.7 Å². The summed E-state index contributed by atoms with van der Waals surface area (Å²) in [5.41, 5.74) is 8.54. The van der Waals surface area contributed by atoms with Crippen LogP contribution >= 0.6 is 63.7 Å². The number of benzene rings is 6. The number of phenols is 2. The molecule has 0 saturated carbocycles. The van der Waals surface area contributed by atoms with Gasteiger partial charge in [-0.1, -0.05) is 124 Å². The number of hydrogen-bond acceptors (Lipinski definition) is 8. The predicted molar refractivity (Wildman–Crippen MR) is 266 cm³/mol. The second kappa shape index (κ2) is 21.1. The Morgan fingerprint density at radius 3 is 1.18 bits per heavy atom. The van der Waals surface area contributed by atoms with Crippen molar-refractivity contribution in [2.75, 3.05) is 39.5 Å². The van der Waals surface area contributed by atoms with Gasteiger partial charge >= 0.3 is 0 Å². The van der Waals surface area contributed by atoms with Crippen LogP contribution in [0.4, 0.5) is 0 Å². The molecule has 0 spiro atoms. The Morgan fingerprint density at radius 1 is 0.462 bits per heavy atom. The van der Waals surface area contributed by atoms with Gasteiger partial charge in [-0.3, -0.25) is 4.90 Å². The van der Waals surface area contributed by atoms with Crippen LogP contribution in [-0.4, -0.2) is 54.6 Å². The third-order valence-electron chi connectivity index (χ3n) is 11.9. The van der Waals surface area contributed by atoms with E-state index in [4.69, 9.17) is 23.4 Å². The fourth-order valence-corrected chi connectivity index (χ4v) is 11.1. The van der Waals surface area contributed by atoms with Crippen LogP contribution in [-0.2, 0) is 41.7 Å². The molecule has 3 heterocycles. The van der Waals surface area contributed by atoms with Crippen LogP contribution < -0.4 is 9.47 Å². The molecule has 334 valence electrons. The number of ether oxygens (including phenoxy) is 4. The molecular weight excluding hydrogens is 1080 g/mol. The van der Waals surface area contributed by atoms with E-state index in [2.05, 4.69) is 92.9 Å². The van der Waals surface area contributed by atoms with Gasteiger partial charge in [-0.25, -0.2) is 0 Å². The molecule has 0 fully saturated rings. The molecule has 10 rings (SSSR count). The van der Waals surface area contributed by atoms with Gasteiger partial charge in [0.1, 0.15) is 42.0 Å². The van der Waals surface area contributed by atoms with E-state index in [1.54, 1.807) is 6.26 Å². The van der Waals surface area contributed by atoms with Gasteiger partial charge in [0.05, 0.1) is 38.2 Å². The first-order chi connectivity index (χ1) is 31.6. The molecule has 65 heavy (non-hydrogen) atoms. The van der Waals surface area contributed by atoms with Crippen LogP contribution in [0.1, 0.15) is 73.6 Å². The van der Waals surface area contributed by atoms with Gasteiger partial charge in [-0.2, -0.15) is 0 Å². The third-order valence-corrected chi connectivity index (χ3v) is 13.7. The lowest BCUT2D eigenvalue weighted by atomic mass is 9.91. The van der Waals surface area contributed by atoms with Crippen LogP contribution in [0.3, 0.4) is 0 Å². The first kappa shape index (κ1) is 45.7. The molecule has 1 aromatic heterocycles. The fraction of sp³-hybridized carbons (Fsp3) is 0.245. The molecule has 0 saturated heterocycles. The second-order valence-corrected chi connectivity index (χ2v) is 20.1. The number of phenolic OH excluding ortho intramolecular Hbond substituents is 2. The minimum atomic E-state index is -0.322. The van der Waals surface area contributed by atoms with E-state index in [0.717, 1.165) is 79.3 Å². The van der Waals surface area contributed by atoms with Crippen molar-refractivity contribution in [2.24, 2.45) is 0 Å². The minimum Gasteiger partial charge on any atom is -0.507 e. The van der Waals surface area contributed by atoms with Crippen molar-refractivity contribution in [1.29, 1.82) is 0 Å². The van der Waals surface area contributed by atoms with Crippen molar-refractivity contribution in [2.45, 2.75) is 44.4 Å². The predicted octanol–water partition coefficient (Wildman–Crippen LogP) is 13.2. The highest BCUT2D eigenvalue weighted by Crippen LogP contribution is 2.42. The van der Waals surface area contributed by atoms with Gasteiger partial charge in [0.25, 0.3) is 0 Å². The molecule has 3 aliphatic rings. The van der Waals surface area contributed by atoms with Gasteiger partial charge in [0.15, 0.2) is 0 Å². The van der Waals surface area contributed by atoms with Crippen molar-refractivity contribution in [3.05, 3.63) is 207 Å². The zero-order valence-electron chi connectivity index (χ0n) is 35.5. The van der Waals surface area contributed by atoms with E-state index in [0.29, 0.717) is 56.8 Å². The van der Waals surface area contributed by atoms with Crippen LogP contribution in [0.25, 0.3) is 0 Å². The molecule has 2 atom stereocenters. The fourth-order valence-electron chi connectivity index (χ4n) is 8.92. The van der Waals surface area contributed by atoms with Crippen LogP contribution in [0.2, 0.25) is 0 Å². The molecule has 8 nitrogen and oxygen atoms in total. The molecule has 2 aliphatic heterocycles. The largest absolute Gasteiger partial charge is 0.507 e. The van der Waals surface area contributed by atoms with E-state index in [1.165, 1.54) is 0 Å². The summed E-state index contributed by atoms with van der Waals surface area (Å²) in [6.45, 7) is 2.70. The topological polar surface area (TPSA) is 93.8 Å². The van der Waals surface area contributed by atoms with Gasteiger partial charge in [-0.05, 0) is 94.0 Å². The molecule has 0 radical (unpaired) electrons. The van der Waals surface area contributed by atoms with E-state index in [1.807, 2.05) is 97.1 Å². The third kappa shape index (κ3) is 11.2. The Labute approximate surface area is 413 Å². The number of aromatic hydroxyl groups is 2. The average Bonchev–Trinajstić information content (AvgIpc) is 3.80. The highest BCUT2D eigenvalue weighted by molar-refractivity contribution is 9.11. The molecule has 1 unspecified atom stereocenters. The van der Waals surface area contributed by atoms with Crippen molar-refractivity contribution in [3.8, 4) is 23.0 Å².